The fourth-order valence-electron chi connectivity index (χ4n) is 3.53. The number of ether oxygens (including phenoxy) is 1. The molecule has 0 unspecified atom stereocenters. The summed E-state index contributed by atoms with van der Waals surface area (Å²) in [6, 6.07) is 13.4. The summed E-state index contributed by atoms with van der Waals surface area (Å²) in [6.45, 7) is 1.22. The molecule has 2 aromatic carbocycles. The minimum absolute atomic E-state index is 0.0340. The number of hydrogen-bond donors (Lipinski definition) is 2. The van der Waals surface area contributed by atoms with Crippen LogP contribution in [0.4, 0.5) is 13.2 Å². The van der Waals surface area contributed by atoms with Crippen LogP contribution in [0.3, 0.4) is 0 Å². The Morgan fingerprint density at radius 2 is 1.86 bits per heavy atom. The third-order valence-electron chi connectivity index (χ3n) is 5.06. The summed E-state index contributed by atoms with van der Waals surface area (Å²) in [5.74, 6) is 0. The molecule has 3 rings (SSSR count). The van der Waals surface area contributed by atoms with Crippen molar-refractivity contribution in [2.75, 3.05) is 19.7 Å². The second-order valence-corrected chi connectivity index (χ2v) is 7.22. The lowest BCUT2D eigenvalue weighted by atomic mass is 9.89. The molecule has 0 aliphatic heterocycles. The van der Waals surface area contributed by atoms with Gasteiger partial charge in [-0.25, -0.2) is 0 Å². The van der Waals surface area contributed by atoms with E-state index in [1.54, 1.807) is 0 Å². The van der Waals surface area contributed by atoms with Gasteiger partial charge in [-0.2, -0.15) is 13.2 Å². The summed E-state index contributed by atoms with van der Waals surface area (Å²) < 4.78 is 43.6. The molecule has 0 radical (unpaired) electrons. The predicted molar refractivity (Wildman–Crippen MR) is 102 cm³/mol. The predicted octanol–water partition coefficient (Wildman–Crippen LogP) is 4.29. The van der Waals surface area contributed by atoms with Crippen molar-refractivity contribution in [1.82, 2.24) is 5.32 Å². The lowest BCUT2D eigenvalue weighted by molar-refractivity contribution is -0.137. The number of halogens is 3. The first kappa shape index (κ1) is 20.8. The number of aryl methyl sites for hydroxylation is 1. The van der Waals surface area contributed by atoms with Gasteiger partial charge < -0.3 is 15.2 Å². The molecule has 28 heavy (non-hydrogen) atoms. The zero-order valence-electron chi connectivity index (χ0n) is 15.7. The molecule has 0 fully saturated rings. The SMILES string of the molecule is O[C@@H](CNCCc1ccc(C(F)(F)F)cc1)CO[C@@H]1CCCc2ccccc21. The summed E-state index contributed by atoms with van der Waals surface area (Å²) in [5.41, 5.74) is 2.73. The summed E-state index contributed by atoms with van der Waals surface area (Å²) in [5, 5.41) is 13.3. The molecular formula is C22H26F3NO2. The lowest BCUT2D eigenvalue weighted by Crippen LogP contribution is -2.32. The Morgan fingerprint density at radius 1 is 1.11 bits per heavy atom. The van der Waals surface area contributed by atoms with E-state index in [-0.39, 0.29) is 12.7 Å². The van der Waals surface area contributed by atoms with Crippen molar-refractivity contribution in [3.63, 3.8) is 0 Å². The van der Waals surface area contributed by atoms with Crippen molar-refractivity contribution in [3.05, 3.63) is 70.8 Å². The maximum absolute atomic E-state index is 12.6. The summed E-state index contributed by atoms with van der Waals surface area (Å²) >= 11 is 0. The molecule has 1 aliphatic carbocycles. The van der Waals surface area contributed by atoms with Crippen LogP contribution in [0.25, 0.3) is 0 Å². The van der Waals surface area contributed by atoms with Crippen LogP contribution in [-0.2, 0) is 23.8 Å². The molecule has 1 aliphatic rings. The van der Waals surface area contributed by atoms with Crippen LogP contribution in [0.1, 0.15) is 41.2 Å². The van der Waals surface area contributed by atoms with Gasteiger partial charge in [0.25, 0.3) is 0 Å². The zero-order chi connectivity index (χ0) is 20.0. The van der Waals surface area contributed by atoms with E-state index >= 15 is 0 Å². The number of rotatable bonds is 8. The maximum atomic E-state index is 12.6. The Morgan fingerprint density at radius 3 is 2.61 bits per heavy atom. The largest absolute Gasteiger partial charge is 0.416 e. The van der Waals surface area contributed by atoms with E-state index in [9.17, 15) is 18.3 Å². The smallest absolute Gasteiger partial charge is 0.389 e. The van der Waals surface area contributed by atoms with E-state index < -0.39 is 17.8 Å². The van der Waals surface area contributed by atoms with Crippen LogP contribution < -0.4 is 5.32 Å². The van der Waals surface area contributed by atoms with Gasteiger partial charge >= 0.3 is 6.18 Å². The monoisotopic (exact) mass is 393 g/mol. The van der Waals surface area contributed by atoms with Gasteiger partial charge in [0.05, 0.1) is 24.4 Å². The molecule has 2 N–H and O–H groups in total. The van der Waals surface area contributed by atoms with Gasteiger partial charge in [0.15, 0.2) is 0 Å². The van der Waals surface area contributed by atoms with Crippen LogP contribution >= 0.6 is 0 Å². The summed E-state index contributed by atoms with van der Waals surface area (Å²) in [4.78, 5) is 0. The second kappa shape index (κ2) is 9.54. The van der Waals surface area contributed by atoms with Crippen LogP contribution in [0.5, 0.6) is 0 Å². The minimum Gasteiger partial charge on any atom is -0.389 e. The van der Waals surface area contributed by atoms with Crippen molar-refractivity contribution in [2.45, 2.75) is 44.1 Å². The van der Waals surface area contributed by atoms with Gasteiger partial charge in [0, 0.05) is 6.54 Å². The van der Waals surface area contributed by atoms with Crippen LogP contribution in [0, 0.1) is 0 Å². The normalized spacial score (nSPS) is 17.9. The number of aliphatic hydroxyl groups is 1. The Hall–Kier alpha value is -1.89. The van der Waals surface area contributed by atoms with Crippen LogP contribution in [-0.4, -0.2) is 30.9 Å². The Kier molecular flexibility index (Phi) is 7.10. The van der Waals surface area contributed by atoms with Gasteiger partial charge in [0.1, 0.15) is 0 Å². The average molecular weight is 393 g/mol. The van der Waals surface area contributed by atoms with Gasteiger partial charge in [-0.1, -0.05) is 36.4 Å². The molecular weight excluding hydrogens is 367 g/mol. The number of benzene rings is 2. The quantitative estimate of drug-likeness (QED) is 0.658. The first-order valence-electron chi connectivity index (χ1n) is 9.68. The highest BCUT2D eigenvalue weighted by molar-refractivity contribution is 5.31. The molecule has 152 valence electrons. The van der Waals surface area contributed by atoms with E-state index in [2.05, 4.69) is 17.4 Å². The van der Waals surface area contributed by atoms with E-state index in [4.69, 9.17) is 4.74 Å². The van der Waals surface area contributed by atoms with Gasteiger partial charge in [-0.3, -0.25) is 0 Å². The molecule has 2 atom stereocenters. The topological polar surface area (TPSA) is 41.5 Å². The molecule has 0 saturated carbocycles. The van der Waals surface area contributed by atoms with Crippen LogP contribution in [0.2, 0.25) is 0 Å². The molecule has 2 aromatic rings. The molecule has 3 nitrogen and oxygen atoms in total. The molecule has 0 aromatic heterocycles. The first-order valence-corrected chi connectivity index (χ1v) is 9.68. The van der Waals surface area contributed by atoms with Crippen molar-refractivity contribution >= 4 is 0 Å². The first-order chi connectivity index (χ1) is 13.4. The van der Waals surface area contributed by atoms with E-state index in [1.807, 2.05) is 12.1 Å². The minimum atomic E-state index is -4.31. The lowest BCUT2D eigenvalue weighted by Gasteiger charge is -2.26. The van der Waals surface area contributed by atoms with Crippen molar-refractivity contribution in [2.24, 2.45) is 0 Å². The number of fused-ring (bicyclic) bond motifs is 1. The summed E-state index contributed by atoms with van der Waals surface area (Å²) in [6.07, 6.45) is -1.17. The van der Waals surface area contributed by atoms with E-state index in [0.717, 1.165) is 37.0 Å². The van der Waals surface area contributed by atoms with E-state index in [1.165, 1.54) is 23.3 Å². The van der Waals surface area contributed by atoms with Crippen LogP contribution in [0.15, 0.2) is 48.5 Å². The molecule has 0 spiro atoms. The third kappa shape index (κ3) is 5.80. The molecule has 0 heterocycles. The highest BCUT2D eigenvalue weighted by Crippen LogP contribution is 2.32. The Balaban J connectivity index is 1.36. The Labute approximate surface area is 163 Å². The number of alkyl halides is 3. The van der Waals surface area contributed by atoms with Gasteiger partial charge in [0.2, 0.25) is 0 Å². The fourth-order valence-corrected chi connectivity index (χ4v) is 3.53. The highest BCUT2D eigenvalue weighted by atomic mass is 19.4. The highest BCUT2D eigenvalue weighted by Gasteiger charge is 2.29. The van der Waals surface area contributed by atoms with E-state index in [0.29, 0.717) is 19.5 Å². The maximum Gasteiger partial charge on any atom is 0.416 e. The Bertz CT molecular complexity index is 746. The molecule has 0 saturated heterocycles. The average Bonchev–Trinajstić information content (AvgIpc) is 2.69. The van der Waals surface area contributed by atoms with Gasteiger partial charge in [-0.05, 0) is 61.1 Å². The van der Waals surface area contributed by atoms with Gasteiger partial charge in [-0.15, -0.1) is 0 Å². The number of nitrogens with one attached hydrogen (secondary N) is 1. The zero-order valence-corrected chi connectivity index (χ0v) is 15.7. The van der Waals surface area contributed by atoms with Crippen molar-refractivity contribution in [3.8, 4) is 0 Å². The van der Waals surface area contributed by atoms with Crippen molar-refractivity contribution < 1.29 is 23.0 Å². The second-order valence-electron chi connectivity index (χ2n) is 7.22. The molecule has 6 heteroatoms. The number of aliphatic hydroxyl groups excluding tert-OH is 1. The third-order valence-corrected chi connectivity index (χ3v) is 5.06. The fraction of sp³-hybridized carbons (Fsp3) is 0.455. The summed E-state index contributed by atoms with van der Waals surface area (Å²) in [7, 11) is 0. The molecule has 0 amide bonds. The number of hydrogen-bond acceptors (Lipinski definition) is 3. The van der Waals surface area contributed by atoms with Crippen molar-refractivity contribution in [1.29, 1.82) is 0 Å². The standard InChI is InChI=1S/C22H26F3NO2/c23-22(24,25)18-10-8-16(9-11-18)12-13-26-14-19(27)15-28-21-7-3-5-17-4-1-2-6-20(17)21/h1-2,4,6,8-11,19,21,26-27H,3,5,7,12-15H2/t19-,21+/m0/s1. The molecule has 0 bridgehead atoms.